The standard InChI is InChI=1S/C17H20ClN3OS/c18-15-10-14(17(22)21-7-2-1-3-8-21)11-20-16(15)19-6-4-13-5-9-23-12-13/h5,9-12H,1-4,6-8H2,(H,19,20). The molecule has 0 unspecified atom stereocenters. The summed E-state index contributed by atoms with van der Waals surface area (Å²) in [6.45, 7) is 2.43. The van der Waals surface area contributed by atoms with E-state index in [1.54, 1.807) is 23.6 Å². The highest BCUT2D eigenvalue weighted by molar-refractivity contribution is 7.07. The van der Waals surface area contributed by atoms with Crippen LogP contribution in [0.2, 0.25) is 5.02 Å². The van der Waals surface area contributed by atoms with Gasteiger partial charge in [-0.2, -0.15) is 11.3 Å². The number of nitrogens with one attached hydrogen (secondary N) is 1. The summed E-state index contributed by atoms with van der Waals surface area (Å²) in [7, 11) is 0. The van der Waals surface area contributed by atoms with E-state index >= 15 is 0 Å². The Hall–Kier alpha value is -1.59. The van der Waals surface area contributed by atoms with Crippen molar-refractivity contribution in [2.45, 2.75) is 25.7 Å². The minimum atomic E-state index is 0.0314. The molecule has 0 radical (unpaired) electrons. The molecule has 4 nitrogen and oxygen atoms in total. The van der Waals surface area contributed by atoms with Crippen LogP contribution in [0.15, 0.2) is 29.1 Å². The van der Waals surface area contributed by atoms with Crippen LogP contribution in [0.3, 0.4) is 0 Å². The van der Waals surface area contributed by atoms with Crippen LogP contribution in [0.4, 0.5) is 5.82 Å². The summed E-state index contributed by atoms with van der Waals surface area (Å²) < 4.78 is 0. The topological polar surface area (TPSA) is 45.2 Å². The van der Waals surface area contributed by atoms with Crippen molar-refractivity contribution in [3.63, 3.8) is 0 Å². The minimum absolute atomic E-state index is 0.0314. The van der Waals surface area contributed by atoms with Crippen LogP contribution in [0, 0.1) is 0 Å². The Balaban J connectivity index is 1.59. The molecular weight excluding hydrogens is 330 g/mol. The van der Waals surface area contributed by atoms with Gasteiger partial charge in [-0.3, -0.25) is 4.79 Å². The fourth-order valence-corrected chi connectivity index (χ4v) is 3.66. The zero-order valence-electron chi connectivity index (χ0n) is 12.9. The fraction of sp³-hybridized carbons (Fsp3) is 0.412. The lowest BCUT2D eigenvalue weighted by Crippen LogP contribution is -2.35. The molecule has 1 amide bonds. The maximum absolute atomic E-state index is 12.4. The van der Waals surface area contributed by atoms with Crippen LogP contribution in [0.1, 0.15) is 35.2 Å². The number of nitrogens with zero attached hydrogens (tertiary/aromatic N) is 2. The van der Waals surface area contributed by atoms with E-state index in [2.05, 4.69) is 27.1 Å². The van der Waals surface area contributed by atoms with Crippen LogP contribution in [-0.4, -0.2) is 35.4 Å². The van der Waals surface area contributed by atoms with Crippen molar-refractivity contribution >= 4 is 34.7 Å². The van der Waals surface area contributed by atoms with Crippen LogP contribution in [-0.2, 0) is 6.42 Å². The molecule has 0 atom stereocenters. The molecule has 1 saturated heterocycles. The van der Waals surface area contributed by atoms with Gasteiger partial charge in [-0.25, -0.2) is 4.98 Å². The van der Waals surface area contributed by atoms with Gasteiger partial charge < -0.3 is 10.2 Å². The van der Waals surface area contributed by atoms with Crippen molar-refractivity contribution in [3.05, 3.63) is 45.2 Å². The van der Waals surface area contributed by atoms with Crippen LogP contribution in [0.5, 0.6) is 0 Å². The average Bonchev–Trinajstić information content (AvgIpc) is 3.10. The third kappa shape index (κ3) is 4.24. The normalized spacial score (nSPS) is 14.7. The van der Waals surface area contributed by atoms with Crippen molar-refractivity contribution < 1.29 is 4.79 Å². The third-order valence-corrected chi connectivity index (χ3v) is 5.04. The lowest BCUT2D eigenvalue weighted by Gasteiger charge is -2.26. The first-order valence-electron chi connectivity index (χ1n) is 7.94. The van der Waals surface area contributed by atoms with E-state index < -0.39 is 0 Å². The summed E-state index contributed by atoms with van der Waals surface area (Å²) in [6, 6.07) is 3.83. The Labute approximate surface area is 145 Å². The van der Waals surface area contributed by atoms with Crippen LogP contribution >= 0.6 is 22.9 Å². The second kappa shape index (κ2) is 7.79. The van der Waals surface area contributed by atoms with E-state index in [1.807, 2.05) is 4.90 Å². The minimum Gasteiger partial charge on any atom is -0.369 e. The molecule has 0 saturated carbocycles. The van der Waals surface area contributed by atoms with E-state index in [-0.39, 0.29) is 5.91 Å². The monoisotopic (exact) mass is 349 g/mol. The summed E-state index contributed by atoms with van der Waals surface area (Å²) in [5.41, 5.74) is 1.87. The molecule has 2 aromatic heterocycles. The molecule has 0 spiro atoms. The van der Waals surface area contributed by atoms with Gasteiger partial charge in [0.05, 0.1) is 10.6 Å². The molecule has 3 rings (SSSR count). The molecule has 6 heteroatoms. The number of hydrogen-bond donors (Lipinski definition) is 1. The molecule has 0 aliphatic carbocycles. The maximum atomic E-state index is 12.4. The Kier molecular flexibility index (Phi) is 5.51. The lowest BCUT2D eigenvalue weighted by atomic mass is 10.1. The molecular formula is C17H20ClN3OS. The first kappa shape index (κ1) is 16.3. The van der Waals surface area contributed by atoms with Gasteiger partial charge in [0.15, 0.2) is 0 Å². The number of carbonyl (C=O) groups is 1. The number of hydrogen-bond acceptors (Lipinski definition) is 4. The molecule has 1 aliphatic rings. The highest BCUT2D eigenvalue weighted by Crippen LogP contribution is 2.22. The molecule has 23 heavy (non-hydrogen) atoms. The van der Waals surface area contributed by atoms with Crippen molar-refractivity contribution in [2.24, 2.45) is 0 Å². The molecule has 122 valence electrons. The van der Waals surface area contributed by atoms with Gasteiger partial charge in [0.2, 0.25) is 0 Å². The quantitative estimate of drug-likeness (QED) is 0.884. The van der Waals surface area contributed by atoms with E-state index in [4.69, 9.17) is 11.6 Å². The number of pyridine rings is 1. The van der Waals surface area contributed by atoms with Gasteiger partial charge in [0.1, 0.15) is 5.82 Å². The van der Waals surface area contributed by atoms with Gasteiger partial charge in [-0.15, -0.1) is 0 Å². The van der Waals surface area contributed by atoms with Crippen LogP contribution < -0.4 is 5.32 Å². The van der Waals surface area contributed by atoms with Gasteiger partial charge in [-0.05, 0) is 54.1 Å². The highest BCUT2D eigenvalue weighted by Gasteiger charge is 2.19. The number of aromatic nitrogens is 1. The third-order valence-electron chi connectivity index (χ3n) is 4.02. The number of amides is 1. The molecule has 1 fully saturated rings. The molecule has 2 aromatic rings. The number of likely N-dealkylation sites (tertiary alicyclic amines) is 1. The Morgan fingerprint density at radius 3 is 2.87 bits per heavy atom. The first-order valence-corrected chi connectivity index (χ1v) is 9.26. The number of anilines is 1. The smallest absolute Gasteiger partial charge is 0.255 e. The van der Waals surface area contributed by atoms with Gasteiger partial charge in [0.25, 0.3) is 5.91 Å². The molecule has 0 bridgehead atoms. The van der Waals surface area contributed by atoms with Crippen molar-refractivity contribution in [2.75, 3.05) is 25.0 Å². The fourth-order valence-electron chi connectivity index (χ4n) is 2.72. The van der Waals surface area contributed by atoms with Crippen molar-refractivity contribution in [3.8, 4) is 0 Å². The Morgan fingerprint density at radius 1 is 1.35 bits per heavy atom. The van der Waals surface area contributed by atoms with Crippen LogP contribution in [0.25, 0.3) is 0 Å². The summed E-state index contributed by atoms with van der Waals surface area (Å²) in [5.74, 6) is 0.668. The summed E-state index contributed by atoms with van der Waals surface area (Å²) in [6.07, 6.45) is 5.91. The highest BCUT2D eigenvalue weighted by atomic mass is 35.5. The number of carbonyl (C=O) groups excluding carboxylic acids is 1. The SMILES string of the molecule is O=C(c1cnc(NCCc2ccsc2)c(Cl)c1)N1CCCCC1. The first-order chi connectivity index (χ1) is 11.2. The van der Waals surface area contributed by atoms with E-state index in [1.165, 1.54) is 12.0 Å². The number of rotatable bonds is 5. The zero-order valence-corrected chi connectivity index (χ0v) is 14.5. The van der Waals surface area contributed by atoms with Gasteiger partial charge in [-0.1, -0.05) is 11.6 Å². The Bertz CT molecular complexity index is 654. The number of thiophene rings is 1. The summed E-state index contributed by atoms with van der Waals surface area (Å²) in [5, 5.41) is 7.94. The molecule has 1 aliphatic heterocycles. The van der Waals surface area contributed by atoms with Crippen molar-refractivity contribution in [1.82, 2.24) is 9.88 Å². The zero-order chi connectivity index (χ0) is 16.1. The predicted molar refractivity (Wildman–Crippen MR) is 95.5 cm³/mol. The number of piperidine rings is 1. The van der Waals surface area contributed by atoms with Gasteiger partial charge >= 0.3 is 0 Å². The second-order valence-corrected chi connectivity index (χ2v) is 6.90. The lowest BCUT2D eigenvalue weighted by molar-refractivity contribution is 0.0724. The van der Waals surface area contributed by atoms with E-state index in [0.717, 1.165) is 38.9 Å². The molecule has 0 aromatic carbocycles. The second-order valence-electron chi connectivity index (χ2n) is 5.72. The predicted octanol–water partition coefficient (Wildman–Crippen LogP) is 4.08. The van der Waals surface area contributed by atoms with E-state index in [9.17, 15) is 4.79 Å². The van der Waals surface area contributed by atoms with Crippen molar-refractivity contribution in [1.29, 1.82) is 0 Å². The molecule has 1 N–H and O–H groups in total. The number of halogens is 1. The molecule has 3 heterocycles. The average molecular weight is 350 g/mol. The van der Waals surface area contributed by atoms with Gasteiger partial charge in [0, 0.05) is 25.8 Å². The van der Waals surface area contributed by atoms with E-state index in [0.29, 0.717) is 16.4 Å². The Morgan fingerprint density at radius 2 is 2.17 bits per heavy atom. The summed E-state index contributed by atoms with van der Waals surface area (Å²) in [4.78, 5) is 18.7. The summed E-state index contributed by atoms with van der Waals surface area (Å²) >= 11 is 7.98. The maximum Gasteiger partial charge on any atom is 0.255 e. The largest absolute Gasteiger partial charge is 0.369 e.